The fourth-order valence-electron chi connectivity index (χ4n) is 1.54. The van der Waals surface area contributed by atoms with Crippen molar-refractivity contribution in [3.8, 4) is 5.75 Å². The Kier molecular flexibility index (Phi) is 3.80. The van der Waals surface area contributed by atoms with Gasteiger partial charge in [0, 0.05) is 6.54 Å². The van der Waals surface area contributed by atoms with Crippen molar-refractivity contribution in [3.05, 3.63) is 28.8 Å². The highest BCUT2D eigenvalue weighted by Crippen LogP contribution is 2.26. The second-order valence-corrected chi connectivity index (χ2v) is 3.67. The van der Waals surface area contributed by atoms with Crippen molar-refractivity contribution < 1.29 is 17.9 Å². The molecule has 1 rings (SSSR count). The topological polar surface area (TPSA) is 35.2 Å². The fraction of sp³-hybridized carbons (Fsp3) is 0.455. The average Bonchev–Trinajstić information content (AvgIpc) is 2.14. The number of halogens is 3. The molecule has 0 saturated carbocycles. The predicted octanol–water partition coefficient (Wildman–Crippen LogP) is 2.70. The molecular weight excluding hydrogens is 219 g/mol. The molecule has 0 bridgehead atoms. The average molecular weight is 233 g/mol. The van der Waals surface area contributed by atoms with E-state index >= 15 is 0 Å². The van der Waals surface area contributed by atoms with Crippen LogP contribution in [0, 0.1) is 13.8 Å². The zero-order valence-electron chi connectivity index (χ0n) is 9.19. The first kappa shape index (κ1) is 12.8. The van der Waals surface area contributed by atoms with Crippen LogP contribution in [-0.4, -0.2) is 12.8 Å². The Labute approximate surface area is 92.2 Å². The van der Waals surface area contributed by atoms with Crippen LogP contribution in [0.25, 0.3) is 0 Å². The summed E-state index contributed by atoms with van der Waals surface area (Å²) in [4.78, 5) is 0. The lowest BCUT2D eigenvalue weighted by atomic mass is 10.1. The van der Waals surface area contributed by atoms with Gasteiger partial charge in [0.05, 0.1) is 0 Å². The molecule has 90 valence electrons. The molecule has 2 nitrogen and oxygen atoms in total. The molecule has 5 heteroatoms. The van der Waals surface area contributed by atoms with Crippen molar-refractivity contribution in [2.75, 3.05) is 6.61 Å². The van der Waals surface area contributed by atoms with E-state index in [1.54, 1.807) is 26.0 Å². The molecule has 0 amide bonds. The molecule has 0 radical (unpaired) electrons. The minimum atomic E-state index is -4.31. The highest BCUT2D eigenvalue weighted by molar-refractivity contribution is 5.43. The summed E-state index contributed by atoms with van der Waals surface area (Å²) in [7, 11) is 0. The summed E-state index contributed by atoms with van der Waals surface area (Å²) in [6.07, 6.45) is -4.31. The van der Waals surface area contributed by atoms with Crippen LogP contribution in [0.4, 0.5) is 13.2 Å². The third-order valence-corrected chi connectivity index (χ3v) is 2.14. The Morgan fingerprint density at radius 2 is 1.69 bits per heavy atom. The van der Waals surface area contributed by atoms with E-state index in [0.29, 0.717) is 17.7 Å². The van der Waals surface area contributed by atoms with Crippen LogP contribution < -0.4 is 10.5 Å². The smallest absolute Gasteiger partial charge is 0.422 e. The highest BCUT2D eigenvalue weighted by atomic mass is 19.4. The van der Waals surface area contributed by atoms with Gasteiger partial charge in [-0.2, -0.15) is 13.2 Å². The minimum absolute atomic E-state index is 0.287. The molecule has 0 aliphatic heterocycles. The first-order valence-electron chi connectivity index (χ1n) is 4.83. The van der Waals surface area contributed by atoms with Gasteiger partial charge in [-0.1, -0.05) is 12.1 Å². The molecule has 0 spiro atoms. The fourth-order valence-corrected chi connectivity index (χ4v) is 1.54. The first-order chi connectivity index (χ1) is 7.33. The van der Waals surface area contributed by atoms with Crippen molar-refractivity contribution >= 4 is 0 Å². The summed E-state index contributed by atoms with van der Waals surface area (Å²) in [5, 5.41) is 0. The molecule has 2 N–H and O–H groups in total. The molecule has 1 aromatic carbocycles. The molecular formula is C11H14F3NO. The molecule has 0 aliphatic rings. The van der Waals surface area contributed by atoms with Crippen LogP contribution in [-0.2, 0) is 6.54 Å². The SMILES string of the molecule is Cc1cc(CN)cc(C)c1OCC(F)(F)F. The Bertz CT molecular complexity index is 351. The number of ether oxygens (including phenoxy) is 1. The number of hydrogen-bond donors (Lipinski definition) is 1. The summed E-state index contributed by atoms with van der Waals surface area (Å²) < 4.78 is 40.8. The monoisotopic (exact) mass is 233 g/mol. The van der Waals surface area contributed by atoms with E-state index in [9.17, 15) is 13.2 Å². The quantitative estimate of drug-likeness (QED) is 0.871. The molecule has 0 fully saturated rings. The molecule has 0 aromatic heterocycles. The highest BCUT2D eigenvalue weighted by Gasteiger charge is 2.28. The molecule has 0 aliphatic carbocycles. The number of rotatable bonds is 3. The van der Waals surface area contributed by atoms with E-state index in [2.05, 4.69) is 0 Å². The third kappa shape index (κ3) is 3.41. The molecule has 16 heavy (non-hydrogen) atoms. The third-order valence-electron chi connectivity index (χ3n) is 2.14. The Balaban J connectivity index is 2.88. The Morgan fingerprint density at radius 1 is 1.19 bits per heavy atom. The van der Waals surface area contributed by atoms with E-state index in [4.69, 9.17) is 10.5 Å². The summed E-state index contributed by atoms with van der Waals surface area (Å²) in [5.41, 5.74) is 7.69. The van der Waals surface area contributed by atoms with Crippen molar-refractivity contribution in [2.24, 2.45) is 5.73 Å². The van der Waals surface area contributed by atoms with Gasteiger partial charge in [-0.3, -0.25) is 0 Å². The summed E-state index contributed by atoms with van der Waals surface area (Å²) in [6.45, 7) is 2.51. The number of hydrogen-bond acceptors (Lipinski definition) is 2. The van der Waals surface area contributed by atoms with Crippen LogP contribution >= 0.6 is 0 Å². The second-order valence-electron chi connectivity index (χ2n) is 3.67. The van der Waals surface area contributed by atoms with Crippen LogP contribution in [0.2, 0.25) is 0 Å². The summed E-state index contributed by atoms with van der Waals surface area (Å²) >= 11 is 0. The van der Waals surface area contributed by atoms with Gasteiger partial charge in [0.25, 0.3) is 0 Å². The first-order valence-corrected chi connectivity index (χ1v) is 4.83. The molecule has 1 aromatic rings. The largest absolute Gasteiger partial charge is 0.484 e. The zero-order chi connectivity index (χ0) is 12.3. The molecule has 0 atom stereocenters. The zero-order valence-corrected chi connectivity index (χ0v) is 9.19. The van der Waals surface area contributed by atoms with Crippen LogP contribution in [0.5, 0.6) is 5.75 Å². The van der Waals surface area contributed by atoms with Crippen molar-refractivity contribution in [1.29, 1.82) is 0 Å². The van der Waals surface area contributed by atoms with Crippen molar-refractivity contribution in [2.45, 2.75) is 26.6 Å². The van der Waals surface area contributed by atoms with E-state index in [0.717, 1.165) is 5.56 Å². The Morgan fingerprint density at radius 3 is 2.06 bits per heavy atom. The van der Waals surface area contributed by atoms with Crippen LogP contribution in [0.1, 0.15) is 16.7 Å². The lowest BCUT2D eigenvalue weighted by Gasteiger charge is -2.14. The number of nitrogens with two attached hydrogens (primary N) is 1. The number of alkyl halides is 3. The van der Waals surface area contributed by atoms with E-state index in [1.165, 1.54) is 0 Å². The molecule has 0 heterocycles. The van der Waals surface area contributed by atoms with Gasteiger partial charge in [-0.05, 0) is 30.5 Å². The van der Waals surface area contributed by atoms with Gasteiger partial charge in [0.1, 0.15) is 5.75 Å². The normalized spacial score (nSPS) is 11.6. The van der Waals surface area contributed by atoms with Crippen molar-refractivity contribution in [3.63, 3.8) is 0 Å². The number of aryl methyl sites for hydroxylation is 2. The van der Waals surface area contributed by atoms with Crippen molar-refractivity contribution in [1.82, 2.24) is 0 Å². The van der Waals surface area contributed by atoms with Crippen LogP contribution in [0.15, 0.2) is 12.1 Å². The van der Waals surface area contributed by atoms with Gasteiger partial charge < -0.3 is 10.5 Å². The predicted molar refractivity (Wildman–Crippen MR) is 55.4 cm³/mol. The van der Waals surface area contributed by atoms with E-state index in [-0.39, 0.29) is 5.75 Å². The Hall–Kier alpha value is -1.23. The van der Waals surface area contributed by atoms with Gasteiger partial charge in [0.15, 0.2) is 6.61 Å². The number of benzene rings is 1. The molecule has 0 saturated heterocycles. The minimum Gasteiger partial charge on any atom is -0.484 e. The lowest BCUT2D eigenvalue weighted by molar-refractivity contribution is -0.153. The maximum atomic E-state index is 12.0. The van der Waals surface area contributed by atoms with Crippen LogP contribution in [0.3, 0.4) is 0 Å². The standard InChI is InChI=1S/C11H14F3NO/c1-7-3-9(5-15)4-8(2)10(7)16-6-11(12,13)14/h3-4H,5-6,15H2,1-2H3. The maximum absolute atomic E-state index is 12.0. The van der Waals surface area contributed by atoms with Gasteiger partial charge >= 0.3 is 6.18 Å². The van der Waals surface area contributed by atoms with Gasteiger partial charge in [-0.15, -0.1) is 0 Å². The maximum Gasteiger partial charge on any atom is 0.422 e. The second kappa shape index (κ2) is 4.74. The summed E-state index contributed by atoms with van der Waals surface area (Å²) in [5.74, 6) is 0.287. The van der Waals surface area contributed by atoms with Gasteiger partial charge in [-0.25, -0.2) is 0 Å². The summed E-state index contributed by atoms with van der Waals surface area (Å²) in [6, 6.07) is 3.47. The van der Waals surface area contributed by atoms with Gasteiger partial charge in [0.2, 0.25) is 0 Å². The van der Waals surface area contributed by atoms with E-state index in [1.807, 2.05) is 0 Å². The van der Waals surface area contributed by atoms with E-state index < -0.39 is 12.8 Å². The molecule has 0 unspecified atom stereocenters. The lowest BCUT2D eigenvalue weighted by Crippen LogP contribution is -2.20.